The van der Waals surface area contributed by atoms with Gasteiger partial charge >= 0.3 is 0 Å². The van der Waals surface area contributed by atoms with Gasteiger partial charge in [0.1, 0.15) is 5.75 Å². The minimum Gasteiger partial charge on any atom is -0.483 e. The van der Waals surface area contributed by atoms with Gasteiger partial charge in [0.05, 0.1) is 5.71 Å². The van der Waals surface area contributed by atoms with Crippen molar-refractivity contribution >= 4 is 11.6 Å². The van der Waals surface area contributed by atoms with Crippen molar-refractivity contribution in [3.8, 4) is 5.75 Å². The second kappa shape index (κ2) is 5.73. The Bertz CT molecular complexity index is 495. The molecule has 0 aromatic heterocycles. The molecule has 102 valence electrons. The Labute approximate surface area is 112 Å². The molecule has 1 saturated carbocycles. The molecule has 0 radical (unpaired) electrons. The van der Waals surface area contributed by atoms with Gasteiger partial charge in [-0.3, -0.25) is 4.79 Å². The van der Waals surface area contributed by atoms with Crippen LogP contribution in [0.2, 0.25) is 0 Å². The van der Waals surface area contributed by atoms with Crippen molar-refractivity contribution in [3.63, 3.8) is 0 Å². The van der Waals surface area contributed by atoms with E-state index in [1.54, 1.807) is 31.0 Å². The number of para-hydroxylation sites is 1. The molecule has 2 rings (SSSR count). The Morgan fingerprint density at radius 2 is 2.16 bits per heavy atom. The van der Waals surface area contributed by atoms with Gasteiger partial charge in [-0.25, -0.2) is 0 Å². The number of hydrogen-bond acceptors (Lipinski definition) is 4. The molecule has 0 unspecified atom stereocenters. The van der Waals surface area contributed by atoms with Crippen LogP contribution < -0.4 is 4.74 Å². The number of carbonyl (C=O) groups is 1. The minimum absolute atomic E-state index is 0.00270. The van der Waals surface area contributed by atoms with Gasteiger partial charge in [0.15, 0.2) is 6.61 Å². The standard InChI is InChI=1S/C14H18N2O3/c1-10(15-18)12-5-3-4-6-13(12)19-9-14(17)16(2)11-7-8-11/h3-6,11,18H,7-9H2,1-2H3/b15-10+. The summed E-state index contributed by atoms with van der Waals surface area (Å²) in [6.07, 6.45) is 2.16. The second-order valence-electron chi connectivity index (χ2n) is 4.71. The van der Waals surface area contributed by atoms with Gasteiger partial charge in [-0.15, -0.1) is 0 Å². The van der Waals surface area contributed by atoms with Crippen LogP contribution in [0.15, 0.2) is 29.4 Å². The molecule has 5 heteroatoms. The lowest BCUT2D eigenvalue weighted by Gasteiger charge is -2.17. The zero-order valence-electron chi connectivity index (χ0n) is 11.2. The van der Waals surface area contributed by atoms with E-state index in [9.17, 15) is 4.79 Å². The van der Waals surface area contributed by atoms with Crippen LogP contribution in [0.1, 0.15) is 25.3 Å². The third-order valence-corrected chi connectivity index (χ3v) is 3.27. The summed E-state index contributed by atoms with van der Waals surface area (Å²) in [6, 6.07) is 7.58. The largest absolute Gasteiger partial charge is 0.483 e. The fourth-order valence-corrected chi connectivity index (χ4v) is 1.85. The van der Waals surface area contributed by atoms with Gasteiger partial charge in [0.25, 0.3) is 5.91 Å². The summed E-state index contributed by atoms with van der Waals surface area (Å²) in [5.74, 6) is 0.520. The number of rotatable bonds is 5. The lowest BCUT2D eigenvalue weighted by Crippen LogP contribution is -2.33. The molecule has 1 aromatic rings. The normalized spacial score (nSPS) is 15.2. The highest BCUT2D eigenvalue weighted by molar-refractivity contribution is 6.00. The van der Waals surface area contributed by atoms with Crippen molar-refractivity contribution in [2.45, 2.75) is 25.8 Å². The Balaban J connectivity index is 2.01. The van der Waals surface area contributed by atoms with Crippen LogP contribution in [0.25, 0.3) is 0 Å². The van der Waals surface area contributed by atoms with Crippen molar-refractivity contribution < 1.29 is 14.7 Å². The van der Waals surface area contributed by atoms with Gasteiger partial charge < -0.3 is 14.8 Å². The van der Waals surface area contributed by atoms with Crippen LogP contribution in [0.4, 0.5) is 0 Å². The number of carbonyl (C=O) groups excluding carboxylic acids is 1. The number of nitrogens with zero attached hydrogens (tertiary/aromatic N) is 2. The summed E-state index contributed by atoms with van der Waals surface area (Å²) in [5, 5.41) is 12.0. The van der Waals surface area contributed by atoms with Crippen molar-refractivity contribution in [2.75, 3.05) is 13.7 Å². The van der Waals surface area contributed by atoms with E-state index in [-0.39, 0.29) is 12.5 Å². The molecule has 0 aliphatic heterocycles. The first-order chi connectivity index (χ1) is 9.13. The predicted molar refractivity (Wildman–Crippen MR) is 71.7 cm³/mol. The molecule has 0 bridgehead atoms. The van der Waals surface area contributed by atoms with Gasteiger partial charge in [0, 0.05) is 18.7 Å². The molecule has 5 nitrogen and oxygen atoms in total. The predicted octanol–water partition coefficient (Wildman–Crippen LogP) is 1.88. The molecular formula is C14H18N2O3. The Morgan fingerprint density at radius 3 is 2.79 bits per heavy atom. The van der Waals surface area contributed by atoms with Crippen LogP contribution in [0, 0.1) is 0 Å². The molecular weight excluding hydrogens is 244 g/mol. The van der Waals surface area contributed by atoms with Crippen LogP contribution in [0.5, 0.6) is 5.75 Å². The van der Waals surface area contributed by atoms with E-state index in [1.807, 2.05) is 12.1 Å². The van der Waals surface area contributed by atoms with Crippen LogP contribution >= 0.6 is 0 Å². The summed E-state index contributed by atoms with van der Waals surface area (Å²) in [6.45, 7) is 1.68. The number of ether oxygens (including phenoxy) is 1. The van der Waals surface area contributed by atoms with Crippen molar-refractivity contribution in [1.29, 1.82) is 0 Å². The number of amides is 1. The monoisotopic (exact) mass is 262 g/mol. The molecule has 19 heavy (non-hydrogen) atoms. The molecule has 1 amide bonds. The van der Waals surface area contributed by atoms with E-state index in [2.05, 4.69) is 5.16 Å². The minimum atomic E-state index is -0.0316. The highest BCUT2D eigenvalue weighted by atomic mass is 16.5. The van der Waals surface area contributed by atoms with Crippen molar-refractivity contribution in [1.82, 2.24) is 4.90 Å². The maximum Gasteiger partial charge on any atom is 0.260 e. The van der Waals surface area contributed by atoms with Crippen LogP contribution in [0.3, 0.4) is 0 Å². The van der Waals surface area contributed by atoms with E-state index in [0.717, 1.165) is 12.8 Å². The molecule has 1 N–H and O–H groups in total. The first kappa shape index (κ1) is 13.4. The third kappa shape index (κ3) is 3.24. The van der Waals surface area contributed by atoms with Gasteiger partial charge in [0.2, 0.25) is 0 Å². The van der Waals surface area contributed by atoms with E-state index >= 15 is 0 Å². The fraction of sp³-hybridized carbons (Fsp3) is 0.429. The number of benzene rings is 1. The first-order valence-corrected chi connectivity index (χ1v) is 6.30. The lowest BCUT2D eigenvalue weighted by atomic mass is 10.1. The van der Waals surface area contributed by atoms with Gasteiger partial charge in [-0.2, -0.15) is 0 Å². The summed E-state index contributed by atoms with van der Waals surface area (Å²) >= 11 is 0. The molecule has 0 saturated heterocycles. The average Bonchev–Trinajstić information content (AvgIpc) is 3.28. The van der Waals surface area contributed by atoms with E-state index in [0.29, 0.717) is 23.1 Å². The zero-order valence-corrected chi connectivity index (χ0v) is 11.2. The number of likely N-dealkylation sites (N-methyl/N-ethyl adjacent to an activating group) is 1. The summed E-state index contributed by atoms with van der Waals surface area (Å²) in [4.78, 5) is 13.6. The van der Waals surface area contributed by atoms with Crippen LogP contribution in [-0.2, 0) is 4.79 Å². The Morgan fingerprint density at radius 1 is 1.47 bits per heavy atom. The maximum absolute atomic E-state index is 11.9. The molecule has 0 heterocycles. The van der Waals surface area contributed by atoms with Crippen molar-refractivity contribution in [3.05, 3.63) is 29.8 Å². The van der Waals surface area contributed by atoms with Gasteiger partial charge in [-0.05, 0) is 31.9 Å². The molecule has 1 aromatic carbocycles. The van der Waals surface area contributed by atoms with Crippen molar-refractivity contribution in [2.24, 2.45) is 5.16 Å². The maximum atomic E-state index is 11.9. The van der Waals surface area contributed by atoms with E-state index in [1.165, 1.54) is 0 Å². The molecule has 0 atom stereocenters. The first-order valence-electron chi connectivity index (χ1n) is 6.30. The molecule has 1 fully saturated rings. The highest BCUT2D eigenvalue weighted by Crippen LogP contribution is 2.25. The highest BCUT2D eigenvalue weighted by Gasteiger charge is 2.29. The van der Waals surface area contributed by atoms with Gasteiger partial charge in [-0.1, -0.05) is 17.3 Å². The summed E-state index contributed by atoms with van der Waals surface area (Å²) < 4.78 is 5.54. The fourth-order valence-electron chi connectivity index (χ4n) is 1.85. The van der Waals surface area contributed by atoms with E-state index in [4.69, 9.17) is 9.94 Å². The second-order valence-corrected chi connectivity index (χ2v) is 4.71. The molecule has 0 spiro atoms. The third-order valence-electron chi connectivity index (χ3n) is 3.27. The number of oxime groups is 1. The number of hydrogen-bond donors (Lipinski definition) is 1. The summed E-state index contributed by atoms with van der Waals surface area (Å²) in [7, 11) is 1.80. The topological polar surface area (TPSA) is 62.1 Å². The summed E-state index contributed by atoms with van der Waals surface area (Å²) in [5.41, 5.74) is 1.14. The molecule has 1 aliphatic carbocycles. The SMILES string of the molecule is C/C(=N\O)c1ccccc1OCC(=O)N(C)C1CC1. The average molecular weight is 262 g/mol. The Hall–Kier alpha value is -2.04. The quantitative estimate of drug-likeness (QED) is 0.500. The zero-order chi connectivity index (χ0) is 13.8. The van der Waals surface area contributed by atoms with E-state index < -0.39 is 0 Å². The Kier molecular flexibility index (Phi) is 4.04. The lowest BCUT2D eigenvalue weighted by molar-refractivity contribution is -0.132. The molecule has 1 aliphatic rings. The van der Waals surface area contributed by atoms with Crippen LogP contribution in [-0.4, -0.2) is 41.4 Å². The smallest absolute Gasteiger partial charge is 0.260 e.